The molecule has 1 heterocycles. The van der Waals surface area contributed by atoms with Crippen molar-refractivity contribution in [2.75, 3.05) is 14.1 Å². The number of oxazole rings is 1. The van der Waals surface area contributed by atoms with Crippen LogP contribution in [-0.2, 0) is 11.3 Å². The molecule has 2 aromatic rings. The molecule has 0 spiro atoms. The van der Waals surface area contributed by atoms with Gasteiger partial charge in [-0.2, -0.15) is 0 Å². The van der Waals surface area contributed by atoms with Crippen LogP contribution in [0.1, 0.15) is 28.7 Å². The number of amides is 2. The van der Waals surface area contributed by atoms with Crippen LogP contribution in [0.5, 0.6) is 0 Å². The van der Waals surface area contributed by atoms with E-state index in [9.17, 15) is 9.59 Å². The molecule has 0 aliphatic heterocycles. The van der Waals surface area contributed by atoms with E-state index in [1.54, 1.807) is 43.3 Å². The number of carbonyl (C=O) groups is 2. The highest BCUT2D eigenvalue weighted by Crippen LogP contribution is 2.22. The van der Waals surface area contributed by atoms with Crippen LogP contribution >= 0.6 is 0 Å². The van der Waals surface area contributed by atoms with Gasteiger partial charge in [-0.3, -0.25) is 9.59 Å². The Labute approximate surface area is 129 Å². The highest BCUT2D eigenvalue weighted by Gasteiger charge is 2.14. The number of hydrogen-bond donors (Lipinski definition) is 1. The normalized spacial score (nSPS) is 10.4. The summed E-state index contributed by atoms with van der Waals surface area (Å²) < 4.78 is 5.66. The molecule has 0 saturated carbocycles. The third-order valence-electron chi connectivity index (χ3n) is 3.44. The summed E-state index contributed by atoms with van der Waals surface area (Å²) >= 11 is 0. The fraction of sp³-hybridized carbons (Fsp3) is 0.312. The van der Waals surface area contributed by atoms with Crippen molar-refractivity contribution in [2.45, 2.75) is 20.4 Å². The number of aromatic nitrogens is 1. The van der Waals surface area contributed by atoms with E-state index in [0.29, 0.717) is 23.8 Å². The number of aryl methyl sites for hydroxylation is 1. The Hall–Kier alpha value is -2.63. The van der Waals surface area contributed by atoms with Crippen molar-refractivity contribution in [3.8, 4) is 11.5 Å². The van der Waals surface area contributed by atoms with E-state index in [4.69, 9.17) is 4.42 Å². The Morgan fingerprint density at radius 2 is 1.91 bits per heavy atom. The summed E-state index contributed by atoms with van der Waals surface area (Å²) in [6.07, 6.45) is 0. The topological polar surface area (TPSA) is 75.4 Å². The number of carbonyl (C=O) groups excluding carboxylic acids is 2. The van der Waals surface area contributed by atoms with Gasteiger partial charge in [-0.05, 0) is 31.2 Å². The average molecular weight is 301 g/mol. The third kappa shape index (κ3) is 3.33. The Morgan fingerprint density at radius 3 is 2.45 bits per heavy atom. The standard InChI is InChI=1S/C16H19N3O3/c1-10-14(9-19(4)11(2)20)18-16(22-10)13-7-5-12(6-8-13)15(21)17-3/h5-8H,9H2,1-4H3,(H,17,21). The van der Waals surface area contributed by atoms with Crippen LogP contribution < -0.4 is 5.32 Å². The van der Waals surface area contributed by atoms with E-state index >= 15 is 0 Å². The predicted molar refractivity (Wildman–Crippen MR) is 82.2 cm³/mol. The summed E-state index contributed by atoms with van der Waals surface area (Å²) in [6, 6.07) is 7.01. The smallest absolute Gasteiger partial charge is 0.251 e. The minimum absolute atomic E-state index is 0.0288. The molecule has 0 radical (unpaired) electrons. The average Bonchev–Trinajstić information content (AvgIpc) is 2.87. The first-order valence-electron chi connectivity index (χ1n) is 6.93. The Bertz CT molecular complexity index is 689. The van der Waals surface area contributed by atoms with Crippen LogP contribution in [0.4, 0.5) is 0 Å². The zero-order valence-corrected chi connectivity index (χ0v) is 13.1. The molecular weight excluding hydrogens is 282 g/mol. The van der Waals surface area contributed by atoms with Gasteiger partial charge < -0.3 is 14.6 Å². The predicted octanol–water partition coefficient (Wildman–Crippen LogP) is 1.99. The molecule has 1 aromatic carbocycles. The molecule has 1 N–H and O–H groups in total. The van der Waals surface area contributed by atoms with Crippen molar-refractivity contribution in [3.05, 3.63) is 41.3 Å². The van der Waals surface area contributed by atoms with Crippen LogP contribution in [0.2, 0.25) is 0 Å². The summed E-state index contributed by atoms with van der Waals surface area (Å²) in [5.41, 5.74) is 2.08. The van der Waals surface area contributed by atoms with Gasteiger partial charge in [0.15, 0.2) is 0 Å². The van der Waals surface area contributed by atoms with Crippen molar-refractivity contribution >= 4 is 11.8 Å². The van der Waals surface area contributed by atoms with Crippen molar-refractivity contribution in [3.63, 3.8) is 0 Å². The molecule has 1 aromatic heterocycles. The maximum Gasteiger partial charge on any atom is 0.251 e. The molecule has 0 aliphatic carbocycles. The van der Waals surface area contributed by atoms with E-state index in [0.717, 1.165) is 11.3 Å². The zero-order chi connectivity index (χ0) is 16.3. The second-order valence-corrected chi connectivity index (χ2v) is 5.05. The second kappa shape index (κ2) is 6.43. The van der Waals surface area contributed by atoms with Gasteiger partial charge in [0, 0.05) is 32.1 Å². The van der Waals surface area contributed by atoms with Gasteiger partial charge >= 0.3 is 0 Å². The van der Waals surface area contributed by atoms with E-state index in [-0.39, 0.29) is 11.8 Å². The fourth-order valence-corrected chi connectivity index (χ4v) is 1.94. The lowest BCUT2D eigenvalue weighted by Crippen LogP contribution is -2.23. The molecule has 116 valence electrons. The molecule has 2 amide bonds. The third-order valence-corrected chi connectivity index (χ3v) is 3.44. The van der Waals surface area contributed by atoms with Crippen LogP contribution in [0.25, 0.3) is 11.5 Å². The van der Waals surface area contributed by atoms with Gasteiger partial charge in [0.05, 0.1) is 6.54 Å². The number of nitrogens with one attached hydrogen (secondary N) is 1. The fourth-order valence-electron chi connectivity index (χ4n) is 1.94. The van der Waals surface area contributed by atoms with E-state index < -0.39 is 0 Å². The number of benzene rings is 1. The molecule has 0 bridgehead atoms. The Kier molecular flexibility index (Phi) is 4.60. The molecule has 0 aliphatic rings. The highest BCUT2D eigenvalue weighted by molar-refractivity contribution is 5.94. The highest BCUT2D eigenvalue weighted by atomic mass is 16.4. The minimum Gasteiger partial charge on any atom is -0.441 e. The lowest BCUT2D eigenvalue weighted by molar-refractivity contribution is -0.128. The maximum absolute atomic E-state index is 11.5. The van der Waals surface area contributed by atoms with Crippen LogP contribution in [0.3, 0.4) is 0 Å². The Morgan fingerprint density at radius 1 is 1.27 bits per heavy atom. The van der Waals surface area contributed by atoms with Gasteiger partial charge in [-0.1, -0.05) is 0 Å². The molecular formula is C16H19N3O3. The van der Waals surface area contributed by atoms with Gasteiger partial charge in [-0.15, -0.1) is 0 Å². The van der Waals surface area contributed by atoms with Crippen LogP contribution in [0, 0.1) is 6.92 Å². The SMILES string of the molecule is CNC(=O)c1ccc(-c2nc(CN(C)C(C)=O)c(C)o2)cc1. The van der Waals surface area contributed by atoms with Crippen LogP contribution in [-0.4, -0.2) is 35.8 Å². The summed E-state index contributed by atoms with van der Waals surface area (Å²) in [5.74, 6) is 0.990. The first kappa shape index (κ1) is 15.8. The summed E-state index contributed by atoms with van der Waals surface area (Å²) in [7, 11) is 3.31. The van der Waals surface area contributed by atoms with Gasteiger partial charge in [0.25, 0.3) is 5.91 Å². The van der Waals surface area contributed by atoms with Gasteiger partial charge in [0.1, 0.15) is 11.5 Å². The lowest BCUT2D eigenvalue weighted by atomic mass is 10.1. The van der Waals surface area contributed by atoms with E-state index in [2.05, 4.69) is 10.3 Å². The number of hydrogen-bond acceptors (Lipinski definition) is 4. The summed E-state index contributed by atoms with van der Waals surface area (Å²) in [4.78, 5) is 28.8. The van der Waals surface area contributed by atoms with Gasteiger partial charge in [-0.25, -0.2) is 4.98 Å². The molecule has 0 saturated heterocycles. The molecule has 2 rings (SSSR count). The molecule has 6 nitrogen and oxygen atoms in total. The molecule has 0 atom stereocenters. The largest absolute Gasteiger partial charge is 0.441 e. The monoisotopic (exact) mass is 301 g/mol. The van der Waals surface area contributed by atoms with Gasteiger partial charge in [0.2, 0.25) is 11.8 Å². The Balaban J connectivity index is 2.23. The summed E-state index contributed by atoms with van der Waals surface area (Å²) in [5, 5.41) is 2.57. The summed E-state index contributed by atoms with van der Waals surface area (Å²) in [6.45, 7) is 3.73. The first-order chi connectivity index (χ1) is 10.4. The molecule has 22 heavy (non-hydrogen) atoms. The number of nitrogens with zero attached hydrogens (tertiary/aromatic N) is 2. The van der Waals surface area contributed by atoms with E-state index in [1.807, 2.05) is 6.92 Å². The van der Waals surface area contributed by atoms with Crippen molar-refractivity contribution < 1.29 is 14.0 Å². The maximum atomic E-state index is 11.5. The first-order valence-corrected chi connectivity index (χ1v) is 6.93. The quantitative estimate of drug-likeness (QED) is 0.937. The molecule has 6 heteroatoms. The van der Waals surface area contributed by atoms with Crippen molar-refractivity contribution in [1.82, 2.24) is 15.2 Å². The van der Waals surface area contributed by atoms with E-state index in [1.165, 1.54) is 6.92 Å². The molecule has 0 unspecified atom stereocenters. The minimum atomic E-state index is -0.140. The number of rotatable bonds is 4. The van der Waals surface area contributed by atoms with Crippen molar-refractivity contribution in [2.24, 2.45) is 0 Å². The zero-order valence-electron chi connectivity index (χ0n) is 13.1. The van der Waals surface area contributed by atoms with Crippen LogP contribution in [0.15, 0.2) is 28.7 Å². The lowest BCUT2D eigenvalue weighted by Gasteiger charge is -2.12. The second-order valence-electron chi connectivity index (χ2n) is 5.05. The molecule has 0 fully saturated rings. The van der Waals surface area contributed by atoms with Crippen molar-refractivity contribution in [1.29, 1.82) is 0 Å².